The van der Waals surface area contributed by atoms with Crippen LogP contribution in [0.4, 0.5) is 10.1 Å². The number of benzene rings is 1. The number of rotatable bonds is 13. The number of nitrogens with one attached hydrogen (secondary N) is 1. The minimum atomic E-state index is -0.235. The van der Waals surface area contributed by atoms with Crippen LogP contribution in [0.25, 0.3) is 0 Å². The fraction of sp³-hybridized carbons (Fsp3) is 0.706. The zero-order chi connectivity index (χ0) is 31.3. The molecule has 1 aromatic carbocycles. The van der Waals surface area contributed by atoms with Crippen LogP contribution in [0.5, 0.6) is 0 Å². The summed E-state index contributed by atoms with van der Waals surface area (Å²) in [5, 5.41) is 2.55. The summed E-state index contributed by atoms with van der Waals surface area (Å²) in [5.74, 6) is -0.0493. The fourth-order valence-electron chi connectivity index (χ4n) is 5.45. The Kier molecular flexibility index (Phi) is 25.5. The maximum Gasteiger partial charge on any atom is 0.312 e. The first-order chi connectivity index (χ1) is 19.7. The van der Waals surface area contributed by atoms with Gasteiger partial charge < -0.3 is 21.5 Å². The average molecular weight is 815 g/mol. The molecule has 3 atom stereocenters. The molecule has 0 aromatic heterocycles. The molecular weight excluding hydrogens is 755 g/mol. The van der Waals surface area contributed by atoms with Crippen molar-refractivity contribution >= 4 is 17.4 Å². The second kappa shape index (κ2) is 25.0. The number of hydrogen-bond donors (Lipinski definition) is 1. The summed E-state index contributed by atoms with van der Waals surface area (Å²) < 4.78 is 19.1. The molecule has 42 heavy (non-hydrogen) atoms. The number of nitrogens with zero attached hydrogens (tertiary/aromatic N) is 2. The van der Waals surface area contributed by atoms with Gasteiger partial charge in [0, 0.05) is 75.4 Å². The van der Waals surface area contributed by atoms with Crippen molar-refractivity contribution in [2.75, 3.05) is 37.6 Å². The third kappa shape index (κ3) is 15.4. The largest absolute Gasteiger partial charge is 0.497 e. The maximum absolute atomic E-state index is 13.2. The van der Waals surface area contributed by atoms with E-state index in [1.54, 1.807) is 0 Å². The van der Waals surface area contributed by atoms with Gasteiger partial charge in [-0.05, 0) is 57.4 Å². The Morgan fingerprint density at radius 3 is 2.24 bits per heavy atom. The summed E-state index contributed by atoms with van der Waals surface area (Å²) in [6.45, 7) is 25.2. The van der Waals surface area contributed by atoms with Crippen molar-refractivity contribution in [3.05, 3.63) is 42.9 Å². The molecule has 2 aliphatic rings. The second-order valence-corrected chi connectivity index (χ2v) is 10.6. The van der Waals surface area contributed by atoms with Crippen LogP contribution in [0.1, 0.15) is 107 Å². The van der Waals surface area contributed by atoms with E-state index in [2.05, 4.69) is 35.9 Å². The molecule has 240 valence electrons. The smallest absolute Gasteiger partial charge is 0.312 e. The number of ketones is 1. The molecule has 2 aliphatic heterocycles. The van der Waals surface area contributed by atoms with Crippen LogP contribution in [0.15, 0.2) is 30.5 Å². The normalized spacial score (nSPS) is 21.2. The Labute approximate surface area is 281 Å². The molecule has 1 aromatic rings. The Bertz CT molecular complexity index is 855. The first-order valence-corrected chi connectivity index (χ1v) is 16.0. The van der Waals surface area contributed by atoms with E-state index in [-0.39, 0.29) is 60.2 Å². The number of piperazine rings is 1. The molecule has 8 heteroatoms. The topological polar surface area (TPSA) is 61.9 Å². The molecule has 0 radical (unpaired) electrons. The van der Waals surface area contributed by atoms with Crippen LogP contribution in [-0.2, 0) is 14.3 Å². The number of carbonyl (C=O) groups excluding carboxylic acids is 2. The van der Waals surface area contributed by atoms with Crippen LogP contribution < -0.4 is 10.2 Å². The van der Waals surface area contributed by atoms with Crippen LogP contribution in [0, 0.1) is 48.9 Å². The van der Waals surface area contributed by atoms with Crippen LogP contribution in [0.3, 0.4) is 0 Å². The third-order valence-corrected chi connectivity index (χ3v) is 7.48. The first kappa shape index (κ1) is 42.8. The molecule has 0 aliphatic carbocycles. The number of ether oxygens (including phenoxy) is 1. The summed E-state index contributed by atoms with van der Waals surface area (Å²) in [7, 11) is 0. The number of carbonyl (C=O) groups is 2. The van der Waals surface area contributed by atoms with Gasteiger partial charge in [0.05, 0.1) is 12.0 Å². The van der Waals surface area contributed by atoms with E-state index in [0.29, 0.717) is 12.6 Å². The summed E-state index contributed by atoms with van der Waals surface area (Å²) in [6, 6.07) is 7.21. The molecular formula is C34H59FN3O3U-. The molecule has 3 unspecified atom stereocenters. The number of esters is 1. The average Bonchev–Trinajstić information content (AvgIpc) is 3.29. The Morgan fingerprint density at radius 1 is 1.10 bits per heavy atom. The van der Waals surface area contributed by atoms with Gasteiger partial charge in [-0.1, -0.05) is 67.2 Å². The Balaban J connectivity index is 0. The summed E-state index contributed by atoms with van der Waals surface area (Å²) in [6.07, 6.45) is 9.61. The molecule has 1 N–H and O–H groups in total. The van der Waals surface area contributed by atoms with E-state index in [9.17, 15) is 14.0 Å². The van der Waals surface area contributed by atoms with Gasteiger partial charge in [0.2, 0.25) is 0 Å². The van der Waals surface area contributed by atoms with E-state index in [1.807, 2.05) is 39.8 Å². The van der Waals surface area contributed by atoms with Gasteiger partial charge in [-0.2, -0.15) is 6.20 Å². The number of hydrogen-bond acceptors (Lipinski definition) is 6. The third-order valence-electron chi connectivity index (χ3n) is 7.48. The maximum atomic E-state index is 13.2. The molecule has 0 saturated carbocycles. The van der Waals surface area contributed by atoms with Crippen molar-refractivity contribution in [1.29, 1.82) is 0 Å². The van der Waals surface area contributed by atoms with Gasteiger partial charge in [0.25, 0.3) is 0 Å². The second-order valence-electron chi connectivity index (χ2n) is 10.6. The fourth-order valence-corrected chi connectivity index (χ4v) is 5.45. The molecule has 6 nitrogen and oxygen atoms in total. The summed E-state index contributed by atoms with van der Waals surface area (Å²) in [4.78, 5) is 27.7. The summed E-state index contributed by atoms with van der Waals surface area (Å²) in [5.41, 5.74) is 0.852. The molecule has 2 saturated heterocycles. The molecule has 0 bridgehead atoms. The molecule has 2 heterocycles. The standard InChI is InChI=1S/C25H39FN2O2.C5H8NO.2C2H6.U/c1-4-6-7-14-25(13-5-2)18-23(30-24(25)29)12-15-27-16-17-28(19-20(27)3)22-10-8-21(26)9-11-22;1-3-6-4-5(2)7;2*1-2;/h8-11,20,23H,4-7,12-19H2,1-3H3;1,3,6H,4H2,2H3;2*1-2H3;/q;-1;;;. The molecule has 3 rings (SSSR count). The van der Waals surface area contributed by atoms with Gasteiger partial charge >= 0.3 is 5.97 Å². The van der Waals surface area contributed by atoms with Crippen molar-refractivity contribution in [3.8, 4) is 0 Å². The monoisotopic (exact) mass is 815 g/mol. The van der Waals surface area contributed by atoms with E-state index in [4.69, 9.17) is 11.3 Å². The van der Waals surface area contributed by atoms with E-state index in [0.717, 1.165) is 70.4 Å². The minimum absolute atomic E-state index is 0. The molecule has 2 fully saturated rings. The Hall–Kier alpha value is -1.36. The summed E-state index contributed by atoms with van der Waals surface area (Å²) >= 11 is 0. The van der Waals surface area contributed by atoms with Crippen molar-refractivity contribution in [2.45, 2.75) is 119 Å². The number of Topliss-reactive ketones (excluding diaryl/α,β-unsaturated/α-hetero) is 1. The van der Waals surface area contributed by atoms with Gasteiger partial charge in [-0.25, -0.2) is 4.39 Å². The zero-order valence-electron chi connectivity index (χ0n) is 27.8. The van der Waals surface area contributed by atoms with E-state index >= 15 is 0 Å². The zero-order valence-corrected chi connectivity index (χ0v) is 32.0. The number of unbranched alkanes of at least 4 members (excludes halogenated alkanes) is 2. The SMILES string of the molecule is CC.CC.CCCCCC1(CCC)CC(CCN2CCN(c3ccc(F)cc3)CC2C)OC1=O.[CH-]=CNCC(C)=O.[U]. The van der Waals surface area contributed by atoms with Crippen molar-refractivity contribution < 1.29 is 49.8 Å². The van der Waals surface area contributed by atoms with Gasteiger partial charge in [-0.3, -0.25) is 14.5 Å². The van der Waals surface area contributed by atoms with Gasteiger partial charge in [0.1, 0.15) is 17.7 Å². The van der Waals surface area contributed by atoms with Crippen molar-refractivity contribution in [2.24, 2.45) is 5.41 Å². The van der Waals surface area contributed by atoms with Gasteiger partial charge in [0.15, 0.2) is 0 Å². The Morgan fingerprint density at radius 2 is 1.74 bits per heavy atom. The van der Waals surface area contributed by atoms with Crippen molar-refractivity contribution in [1.82, 2.24) is 10.2 Å². The first-order valence-electron chi connectivity index (χ1n) is 16.0. The van der Waals surface area contributed by atoms with Gasteiger partial charge in [-0.15, -0.1) is 0 Å². The minimum Gasteiger partial charge on any atom is -0.497 e. The predicted octanol–water partition coefficient (Wildman–Crippen LogP) is 7.57. The number of cyclic esters (lactones) is 1. The predicted molar refractivity (Wildman–Crippen MR) is 170 cm³/mol. The van der Waals surface area contributed by atoms with Crippen LogP contribution in [0.2, 0.25) is 0 Å². The van der Waals surface area contributed by atoms with E-state index < -0.39 is 0 Å². The van der Waals surface area contributed by atoms with E-state index in [1.165, 1.54) is 38.1 Å². The van der Waals surface area contributed by atoms with Crippen LogP contribution >= 0.6 is 0 Å². The quantitative estimate of drug-likeness (QED) is 0.126. The van der Waals surface area contributed by atoms with Crippen molar-refractivity contribution in [3.63, 3.8) is 0 Å². The molecule has 0 amide bonds. The van der Waals surface area contributed by atoms with Crippen LogP contribution in [-0.4, -0.2) is 61.5 Å². The number of halogens is 1. The number of anilines is 1. The molecule has 0 spiro atoms.